The minimum absolute atomic E-state index is 0.0972. The zero-order chi connectivity index (χ0) is 34.2. The second-order valence-corrected chi connectivity index (χ2v) is 13.7. The summed E-state index contributed by atoms with van der Waals surface area (Å²) in [7, 11) is 0. The summed E-state index contributed by atoms with van der Waals surface area (Å²) in [4.78, 5) is 5.07. The lowest BCUT2D eigenvalue weighted by Gasteiger charge is -2.47. The topological polar surface area (TPSA) is 11.4 Å². The van der Waals surface area contributed by atoms with Gasteiger partial charge >= 0.3 is 6.98 Å². The molecule has 1 aromatic heterocycles. The second-order valence-electron chi connectivity index (χ2n) is 13.7. The van der Waals surface area contributed by atoms with Gasteiger partial charge in [-0.1, -0.05) is 115 Å². The van der Waals surface area contributed by atoms with Gasteiger partial charge in [-0.25, -0.2) is 0 Å². The quantitative estimate of drug-likeness (QED) is 0.174. The Hall–Kier alpha value is -6.78. The molecule has 0 saturated carbocycles. The fourth-order valence-electron chi connectivity index (χ4n) is 8.75. The predicted molar refractivity (Wildman–Crippen MR) is 220 cm³/mol. The number of nitrogens with zero attached hydrogens (tertiary/aromatic N) is 3. The molecule has 9 aromatic rings. The summed E-state index contributed by atoms with van der Waals surface area (Å²) in [6.45, 7) is -0.0972. The molecule has 2 aliphatic heterocycles. The Labute approximate surface area is 303 Å². The molecule has 0 unspecified atom stereocenters. The summed E-state index contributed by atoms with van der Waals surface area (Å²) in [5.41, 5.74) is 17.2. The van der Waals surface area contributed by atoms with E-state index >= 15 is 0 Å². The molecule has 0 N–H and O–H groups in total. The Morgan fingerprint density at radius 3 is 1.40 bits per heavy atom. The van der Waals surface area contributed by atoms with E-state index in [0.717, 1.165) is 0 Å². The van der Waals surface area contributed by atoms with Crippen LogP contribution in [0.4, 0.5) is 22.7 Å². The minimum atomic E-state index is -0.0972. The Morgan fingerprint density at radius 1 is 0.327 bits per heavy atom. The predicted octanol–water partition coefficient (Wildman–Crippen LogP) is 11.8. The highest BCUT2D eigenvalue weighted by Gasteiger charge is 2.46. The number of rotatable bonds is 4. The van der Waals surface area contributed by atoms with Gasteiger partial charge in [0, 0.05) is 50.3 Å². The SMILES string of the molecule is c1ccc(N2B3c4c(cc(-c5ccc6c(c5)c5ccccc5n6-c5ccccc5)cc4-c4ccccc4N3c3ccccc3)-c3ccccc32)cc1. The average Bonchev–Trinajstić information content (AvgIpc) is 3.55. The molecule has 242 valence electrons. The third kappa shape index (κ3) is 4.21. The van der Waals surface area contributed by atoms with Crippen LogP contribution in [-0.2, 0) is 0 Å². The van der Waals surface area contributed by atoms with E-state index in [1.807, 2.05) is 0 Å². The molecule has 0 amide bonds. The first-order chi connectivity index (χ1) is 25.8. The monoisotopic (exact) mass is 661 g/mol. The van der Waals surface area contributed by atoms with Crippen LogP contribution in [0, 0.1) is 0 Å². The van der Waals surface area contributed by atoms with E-state index in [2.05, 4.69) is 208 Å². The molecule has 8 aromatic carbocycles. The van der Waals surface area contributed by atoms with E-state index in [1.54, 1.807) is 0 Å². The normalized spacial score (nSPS) is 12.9. The van der Waals surface area contributed by atoms with E-state index in [1.165, 1.54) is 89.1 Å². The third-order valence-corrected chi connectivity index (χ3v) is 10.9. The molecule has 4 heteroatoms. The van der Waals surface area contributed by atoms with Gasteiger partial charge in [-0.2, -0.15) is 0 Å². The van der Waals surface area contributed by atoms with Crippen LogP contribution >= 0.6 is 0 Å². The highest BCUT2D eigenvalue weighted by molar-refractivity contribution is 6.86. The lowest BCUT2D eigenvalue weighted by atomic mass is 9.53. The van der Waals surface area contributed by atoms with Gasteiger partial charge in [-0.05, 0) is 107 Å². The first-order valence-electron chi connectivity index (χ1n) is 18.0. The summed E-state index contributed by atoms with van der Waals surface area (Å²) in [5.74, 6) is 0. The minimum Gasteiger partial charge on any atom is -0.361 e. The molecule has 0 saturated heterocycles. The highest BCUT2D eigenvalue weighted by Crippen LogP contribution is 2.50. The van der Waals surface area contributed by atoms with Crippen molar-refractivity contribution in [3.8, 4) is 39.1 Å². The summed E-state index contributed by atoms with van der Waals surface area (Å²) >= 11 is 0. The van der Waals surface area contributed by atoms with Crippen molar-refractivity contribution in [3.63, 3.8) is 0 Å². The highest BCUT2D eigenvalue weighted by atomic mass is 15.2. The number of aromatic nitrogens is 1. The maximum atomic E-state index is 2.54. The standard InChI is InChI=1S/C48H32BN3/c1-4-16-35(17-5-1)50-44-25-13-10-22-38(44)41-30-33(28-29-45(41)50)34-31-42-39-23-11-14-26-46(39)51(36-18-6-2-7-19-36)49-48(42)43(32-34)40-24-12-15-27-47(40)52(49)37-20-8-3-9-21-37/h1-32H. The number of para-hydroxylation sites is 6. The number of hydrogen-bond donors (Lipinski definition) is 0. The lowest BCUT2D eigenvalue weighted by molar-refractivity contribution is 1.18. The molecule has 2 aliphatic rings. The van der Waals surface area contributed by atoms with Gasteiger partial charge < -0.3 is 14.2 Å². The molecule has 0 aliphatic carbocycles. The third-order valence-electron chi connectivity index (χ3n) is 10.9. The van der Waals surface area contributed by atoms with Crippen molar-refractivity contribution in [2.45, 2.75) is 0 Å². The van der Waals surface area contributed by atoms with Gasteiger partial charge in [0.1, 0.15) is 0 Å². The van der Waals surface area contributed by atoms with Crippen molar-refractivity contribution >= 4 is 57.0 Å². The molecular formula is C48H32BN3. The number of benzene rings is 8. The molecule has 3 nitrogen and oxygen atoms in total. The van der Waals surface area contributed by atoms with E-state index in [-0.39, 0.29) is 6.98 Å². The van der Waals surface area contributed by atoms with Gasteiger partial charge in [0.25, 0.3) is 0 Å². The Morgan fingerprint density at radius 2 is 0.808 bits per heavy atom. The largest absolute Gasteiger partial charge is 0.421 e. The van der Waals surface area contributed by atoms with E-state index in [4.69, 9.17) is 0 Å². The van der Waals surface area contributed by atoms with E-state index < -0.39 is 0 Å². The van der Waals surface area contributed by atoms with Crippen LogP contribution in [0.3, 0.4) is 0 Å². The number of fused-ring (bicyclic) bond motifs is 7. The van der Waals surface area contributed by atoms with Crippen molar-refractivity contribution in [3.05, 3.63) is 194 Å². The summed E-state index contributed by atoms with van der Waals surface area (Å²) in [5, 5.41) is 2.52. The molecular weight excluding hydrogens is 629 g/mol. The first kappa shape index (κ1) is 29.0. The van der Waals surface area contributed by atoms with Crippen LogP contribution in [0.2, 0.25) is 0 Å². The van der Waals surface area contributed by atoms with Crippen molar-refractivity contribution in [1.29, 1.82) is 0 Å². The molecule has 0 fully saturated rings. The maximum absolute atomic E-state index is 2.54. The molecule has 0 radical (unpaired) electrons. The van der Waals surface area contributed by atoms with Crippen LogP contribution in [0.5, 0.6) is 0 Å². The summed E-state index contributed by atoms with van der Waals surface area (Å²) in [6.07, 6.45) is 0. The zero-order valence-electron chi connectivity index (χ0n) is 28.4. The second kappa shape index (κ2) is 11.4. The molecule has 52 heavy (non-hydrogen) atoms. The van der Waals surface area contributed by atoms with Gasteiger partial charge in [-0.3, -0.25) is 0 Å². The lowest BCUT2D eigenvalue weighted by Crippen LogP contribution is -2.61. The van der Waals surface area contributed by atoms with Crippen molar-refractivity contribution in [1.82, 2.24) is 4.57 Å². The Balaban J connectivity index is 1.20. The zero-order valence-corrected chi connectivity index (χ0v) is 28.4. The van der Waals surface area contributed by atoms with Gasteiger partial charge in [-0.15, -0.1) is 0 Å². The summed E-state index contributed by atoms with van der Waals surface area (Å²) in [6, 6.07) is 71.0. The first-order valence-corrected chi connectivity index (χ1v) is 18.0. The molecule has 11 rings (SSSR count). The molecule has 3 heterocycles. The fourth-order valence-corrected chi connectivity index (χ4v) is 8.75. The van der Waals surface area contributed by atoms with Crippen LogP contribution < -0.4 is 15.1 Å². The Kier molecular flexibility index (Phi) is 6.35. The molecule has 0 spiro atoms. The molecule has 0 atom stereocenters. The van der Waals surface area contributed by atoms with Crippen molar-refractivity contribution in [2.24, 2.45) is 0 Å². The maximum Gasteiger partial charge on any atom is 0.421 e. The van der Waals surface area contributed by atoms with E-state index in [9.17, 15) is 0 Å². The van der Waals surface area contributed by atoms with Crippen LogP contribution in [0.15, 0.2) is 194 Å². The number of hydrogen-bond acceptors (Lipinski definition) is 2. The Bertz CT molecular complexity index is 2700. The number of anilines is 4. The van der Waals surface area contributed by atoms with Crippen molar-refractivity contribution < 1.29 is 0 Å². The molecule has 0 bridgehead atoms. The van der Waals surface area contributed by atoms with Crippen molar-refractivity contribution in [2.75, 3.05) is 9.62 Å². The average molecular weight is 662 g/mol. The van der Waals surface area contributed by atoms with E-state index in [0.29, 0.717) is 0 Å². The smallest absolute Gasteiger partial charge is 0.361 e. The van der Waals surface area contributed by atoms with Gasteiger partial charge in [0.15, 0.2) is 0 Å². The van der Waals surface area contributed by atoms with Crippen LogP contribution in [0.1, 0.15) is 0 Å². The van der Waals surface area contributed by atoms with Crippen LogP contribution in [-0.4, -0.2) is 11.5 Å². The van der Waals surface area contributed by atoms with Gasteiger partial charge in [0.2, 0.25) is 0 Å². The van der Waals surface area contributed by atoms with Gasteiger partial charge in [0.05, 0.1) is 11.0 Å². The fraction of sp³-hybridized carbons (Fsp3) is 0. The summed E-state index contributed by atoms with van der Waals surface area (Å²) < 4.78 is 2.39. The van der Waals surface area contributed by atoms with Crippen LogP contribution in [0.25, 0.3) is 60.9 Å².